The highest BCUT2D eigenvalue weighted by Gasteiger charge is 2.14. The van der Waals surface area contributed by atoms with Crippen molar-refractivity contribution in [3.63, 3.8) is 0 Å². The maximum atomic E-state index is 5.91. The third kappa shape index (κ3) is 5.90. The zero-order valence-corrected chi connectivity index (χ0v) is 14.5. The molecule has 0 saturated heterocycles. The summed E-state index contributed by atoms with van der Waals surface area (Å²) in [6.07, 6.45) is 3.32. The lowest BCUT2D eigenvalue weighted by Crippen LogP contribution is -2.11. The molecule has 4 heteroatoms. The van der Waals surface area contributed by atoms with Gasteiger partial charge in [0.05, 0.1) is 12.2 Å². The van der Waals surface area contributed by atoms with Gasteiger partial charge in [-0.05, 0) is 32.1 Å². The maximum absolute atomic E-state index is 5.91. The van der Waals surface area contributed by atoms with Gasteiger partial charge in [-0.25, -0.2) is 4.98 Å². The summed E-state index contributed by atoms with van der Waals surface area (Å²) in [6.45, 7) is 14.5. The standard InChI is InChI=1S/C17H31N3O/c1-7-10-18-16-14(6)17(20-15(19-16)13(4)5)21-11-8-9-12(2)3/h12-13H,7-11H2,1-6H3,(H,18,19,20). The van der Waals surface area contributed by atoms with Gasteiger partial charge in [0, 0.05) is 12.5 Å². The minimum Gasteiger partial charge on any atom is -0.477 e. The highest BCUT2D eigenvalue weighted by atomic mass is 16.5. The first kappa shape index (κ1) is 17.7. The molecule has 0 aliphatic rings. The molecule has 1 aromatic heterocycles. The van der Waals surface area contributed by atoms with Gasteiger partial charge >= 0.3 is 0 Å². The molecule has 0 saturated carbocycles. The third-order valence-corrected chi connectivity index (χ3v) is 3.34. The Morgan fingerprint density at radius 2 is 1.86 bits per heavy atom. The van der Waals surface area contributed by atoms with Crippen LogP contribution in [0.15, 0.2) is 0 Å². The maximum Gasteiger partial charge on any atom is 0.221 e. The number of ether oxygens (including phenoxy) is 1. The minimum atomic E-state index is 0.297. The molecular weight excluding hydrogens is 262 g/mol. The average molecular weight is 293 g/mol. The van der Waals surface area contributed by atoms with Gasteiger partial charge in [0.1, 0.15) is 11.6 Å². The summed E-state index contributed by atoms with van der Waals surface area (Å²) in [7, 11) is 0. The fraction of sp³-hybridized carbons (Fsp3) is 0.765. The van der Waals surface area contributed by atoms with Crippen LogP contribution >= 0.6 is 0 Å². The second kappa shape index (κ2) is 8.85. The fourth-order valence-corrected chi connectivity index (χ4v) is 1.99. The molecule has 120 valence electrons. The van der Waals surface area contributed by atoms with Gasteiger partial charge < -0.3 is 10.1 Å². The third-order valence-electron chi connectivity index (χ3n) is 3.34. The molecule has 0 radical (unpaired) electrons. The SMILES string of the molecule is CCCNc1nc(C(C)C)nc(OCCCC(C)C)c1C. The zero-order valence-electron chi connectivity index (χ0n) is 14.5. The Morgan fingerprint density at radius 3 is 2.43 bits per heavy atom. The lowest BCUT2D eigenvalue weighted by atomic mass is 10.1. The van der Waals surface area contributed by atoms with Gasteiger partial charge in [-0.3, -0.25) is 0 Å². The molecule has 0 fully saturated rings. The molecule has 0 bridgehead atoms. The number of anilines is 1. The first-order valence-corrected chi connectivity index (χ1v) is 8.20. The van der Waals surface area contributed by atoms with E-state index in [0.717, 1.165) is 49.1 Å². The summed E-state index contributed by atoms with van der Waals surface area (Å²) in [6, 6.07) is 0. The molecule has 1 aromatic rings. The Balaban J connectivity index is 2.82. The molecule has 0 aliphatic carbocycles. The van der Waals surface area contributed by atoms with Crippen molar-refractivity contribution in [1.82, 2.24) is 9.97 Å². The summed E-state index contributed by atoms with van der Waals surface area (Å²) in [5.41, 5.74) is 1.01. The van der Waals surface area contributed by atoms with Crippen LogP contribution in [0.5, 0.6) is 5.88 Å². The number of nitrogens with one attached hydrogen (secondary N) is 1. The smallest absolute Gasteiger partial charge is 0.221 e. The Kier molecular flexibility index (Phi) is 7.48. The minimum absolute atomic E-state index is 0.297. The van der Waals surface area contributed by atoms with E-state index in [1.807, 2.05) is 6.92 Å². The molecule has 0 unspecified atom stereocenters. The van der Waals surface area contributed by atoms with Crippen LogP contribution in [0.4, 0.5) is 5.82 Å². The van der Waals surface area contributed by atoms with Crippen LogP contribution < -0.4 is 10.1 Å². The van der Waals surface area contributed by atoms with Gasteiger partial charge in [0.15, 0.2) is 0 Å². The highest BCUT2D eigenvalue weighted by Crippen LogP contribution is 2.25. The van der Waals surface area contributed by atoms with Crippen LogP contribution in [-0.4, -0.2) is 23.1 Å². The first-order valence-electron chi connectivity index (χ1n) is 8.20. The van der Waals surface area contributed by atoms with Gasteiger partial charge in [-0.2, -0.15) is 4.98 Å². The predicted octanol–water partition coefficient (Wildman–Crippen LogP) is 4.55. The van der Waals surface area contributed by atoms with E-state index >= 15 is 0 Å². The van der Waals surface area contributed by atoms with E-state index in [0.29, 0.717) is 11.8 Å². The normalized spacial score (nSPS) is 11.2. The molecule has 0 atom stereocenters. The zero-order chi connectivity index (χ0) is 15.8. The van der Waals surface area contributed by atoms with Crippen LogP contribution in [0.2, 0.25) is 0 Å². The van der Waals surface area contributed by atoms with Gasteiger partial charge in [-0.15, -0.1) is 0 Å². The number of aromatic nitrogens is 2. The first-order chi connectivity index (χ1) is 9.95. The van der Waals surface area contributed by atoms with Gasteiger partial charge in [0.25, 0.3) is 0 Å². The largest absolute Gasteiger partial charge is 0.477 e. The van der Waals surface area contributed by atoms with Gasteiger partial charge in [0.2, 0.25) is 5.88 Å². The second-order valence-corrected chi connectivity index (χ2v) is 6.33. The summed E-state index contributed by atoms with van der Waals surface area (Å²) in [4.78, 5) is 9.21. The number of rotatable bonds is 9. The van der Waals surface area contributed by atoms with E-state index in [4.69, 9.17) is 4.74 Å². The van der Waals surface area contributed by atoms with Crippen LogP contribution in [0.25, 0.3) is 0 Å². The molecule has 0 spiro atoms. The monoisotopic (exact) mass is 293 g/mol. The van der Waals surface area contributed by atoms with Crippen molar-refractivity contribution in [3.8, 4) is 5.88 Å². The van der Waals surface area contributed by atoms with Crippen molar-refractivity contribution in [2.24, 2.45) is 5.92 Å². The lowest BCUT2D eigenvalue weighted by molar-refractivity contribution is 0.283. The van der Waals surface area contributed by atoms with Gasteiger partial charge in [-0.1, -0.05) is 34.6 Å². The second-order valence-electron chi connectivity index (χ2n) is 6.33. The molecule has 1 N–H and O–H groups in total. The van der Waals surface area contributed by atoms with Crippen molar-refractivity contribution in [2.75, 3.05) is 18.5 Å². The molecule has 0 aliphatic heterocycles. The summed E-state index contributed by atoms with van der Waals surface area (Å²) < 4.78 is 5.91. The van der Waals surface area contributed by atoms with E-state index in [-0.39, 0.29) is 0 Å². The fourth-order valence-electron chi connectivity index (χ4n) is 1.99. The number of hydrogen-bond donors (Lipinski definition) is 1. The van der Waals surface area contributed by atoms with Crippen molar-refractivity contribution >= 4 is 5.82 Å². The van der Waals surface area contributed by atoms with E-state index in [9.17, 15) is 0 Å². The lowest BCUT2D eigenvalue weighted by Gasteiger charge is -2.16. The average Bonchev–Trinajstić information content (AvgIpc) is 2.43. The van der Waals surface area contributed by atoms with Crippen LogP contribution in [-0.2, 0) is 0 Å². The van der Waals surface area contributed by atoms with E-state index in [1.165, 1.54) is 6.42 Å². The summed E-state index contributed by atoms with van der Waals surface area (Å²) in [5.74, 6) is 3.50. The number of hydrogen-bond acceptors (Lipinski definition) is 4. The van der Waals surface area contributed by atoms with Crippen molar-refractivity contribution < 1.29 is 4.74 Å². The Labute approximate surface area is 129 Å². The molecule has 1 heterocycles. The quantitative estimate of drug-likeness (QED) is 0.679. The van der Waals surface area contributed by atoms with Crippen molar-refractivity contribution in [1.29, 1.82) is 0 Å². The topological polar surface area (TPSA) is 47.0 Å². The Hall–Kier alpha value is -1.32. The molecule has 0 aromatic carbocycles. The van der Waals surface area contributed by atoms with Crippen LogP contribution in [0.3, 0.4) is 0 Å². The predicted molar refractivity (Wildman–Crippen MR) is 89.2 cm³/mol. The van der Waals surface area contributed by atoms with E-state index in [1.54, 1.807) is 0 Å². The molecule has 1 rings (SSSR count). The van der Waals surface area contributed by atoms with E-state index < -0.39 is 0 Å². The van der Waals surface area contributed by atoms with E-state index in [2.05, 4.69) is 49.9 Å². The summed E-state index contributed by atoms with van der Waals surface area (Å²) in [5, 5.41) is 3.38. The van der Waals surface area contributed by atoms with Crippen molar-refractivity contribution in [2.45, 2.75) is 66.7 Å². The highest BCUT2D eigenvalue weighted by molar-refractivity contribution is 5.48. The van der Waals surface area contributed by atoms with Crippen LogP contribution in [0.1, 0.15) is 71.2 Å². The summed E-state index contributed by atoms with van der Waals surface area (Å²) >= 11 is 0. The molecule has 4 nitrogen and oxygen atoms in total. The molecular formula is C17H31N3O. The Bertz CT molecular complexity index is 430. The van der Waals surface area contributed by atoms with Crippen LogP contribution in [0, 0.1) is 12.8 Å². The molecule has 21 heavy (non-hydrogen) atoms. The number of nitrogens with zero attached hydrogens (tertiary/aromatic N) is 2. The van der Waals surface area contributed by atoms with Crippen molar-refractivity contribution in [3.05, 3.63) is 11.4 Å². The Morgan fingerprint density at radius 1 is 1.14 bits per heavy atom. The molecule has 0 amide bonds.